The number of carbonyl (C=O) groups excluding carboxylic acids is 1. The fraction of sp³-hybridized carbons (Fsp3) is 0.462. The van der Waals surface area contributed by atoms with Crippen LogP contribution >= 0.6 is 27.7 Å². The molecule has 0 N–H and O–H groups in total. The highest BCUT2D eigenvalue weighted by Crippen LogP contribution is 2.28. The molecule has 2 unspecified atom stereocenters. The normalized spacial score (nSPS) is 24.1. The smallest absolute Gasteiger partial charge is 0.258 e. The van der Waals surface area contributed by atoms with E-state index in [-0.39, 0.29) is 17.5 Å². The highest BCUT2D eigenvalue weighted by Gasteiger charge is 2.31. The van der Waals surface area contributed by atoms with Crippen LogP contribution in [-0.4, -0.2) is 34.4 Å². The maximum Gasteiger partial charge on any atom is 0.258 e. The molecule has 0 bridgehead atoms. The van der Waals surface area contributed by atoms with E-state index in [9.17, 15) is 9.18 Å². The SMILES string of the molecule is CC1SCCN(C(=O)c2c(F)cccc2Br)C1C. The van der Waals surface area contributed by atoms with Crippen LogP contribution in [0.1, 0.15) is 24.2 Å². The molecular formula is C13H15BrFNOS. The maximum atomic E-state index is 13.8. The molecule has 1 aromatic carbocycles. The van der Waals surface area contributed by atoms with Crippen molar-refractivity contribution >= 4 is 33.6 Å². The molecule has 1 fully saturated rings. The summed E-state index contributed by atoms with van der Waals surface area (Å²) in [5.74, 6) is 0.218. The molecule has 1 saturated heterocycles. The Morgan fingerprint density at radius 2 is 2.22 bits per heavy atom. The molecule has 0 saturated carbocycles. The lowest BCUT2D eigenvalue weighted by atomic mass is 10.1. The van der Waals surface area contributed by atoms with Gasteiger partial charge in [0, 0.05) is 28.1 Å². The molecule has 2 nitrogen and oxygen atoms in total. The zero-order valence-corrected chi connectivity index (χ0v) is 12.7. The molecule has 1 aromatic rings. The predicted molar refractivity (Wildman–Crippen MR) is 76.5 cm³/mol. The summed E-state index contributed by atoms with van der Waals surface area (Å²) in [6, 6.07) is 4.74. The van der Waals surface area contributed by atoms with Crippen molar-refractivity contribution in [2.45, 2.75) is 25.1 Å². The Morgan fingerprint density at radius 1 is 1.50 bits per heavy atom. The van der Waals surface area contributed by atoms with Gasteiger partial charge in [0.1, 0.15) is 5.82 Å². The summed E-state index contributed by atoms with van der Waals surface area (Å²) in [5.41, 5.74) is 0.142. The molecule has 1 heterocycles. The molecule has 1 amide bonds. The Hall–Kier alpha value is -0.550. The van der Waals surface area contributed by atoms with E-state index >= 15 is 0 Å². The van der Waals surface area contributed by atoms with Crippen LogP contribution in [-0.2, 0) is 0 Å². The van der Waals surface area contributed by atoms with Crippen molar-refractivity contribution in [3.05, 3.63) is 34.1 Å². The Kier molecular flexibility index (Phi) is 4.33. The second-order valence-corrected chi connectivity index (χ2v) is 6.75. The number of rotatable bonds is 1. The maximum absolute atomic E-state index is 13.8. The van der Waals surface area contributed by atoms with Gasteiger partial charge in [0.15, 0.2) is 0 Å². The number of halogens is 2. The van der Waals surface area contributed by atoms with Crippen LogP contribution in [0.4, 0.5) is 4.39 Å². The van der Waals surface area contributed by atoms with E-state index in [1.165, 1.54) is 6.07 Å². The monoisotopic (exact) mass is 331 g/mol. The van der Waals surface area contributed by atoms with E-state index in [1.807, 2.05) is 18.7 Å². The van der Waals surface area contributed by atoms with Crippen LogP contribution in [0.3, 0.4) is 0 Å². The molecule has 18 heavy (non-hydrogen) atoms. The number of hydrogen-bond donors (Lipinski definition) is 0. The van der Waals surface area contributed by atoms with Crippen molar-refractivity contribution in [3.63, 3.8) is 0 Å². The Balaban J connectivity index is 2.31. The minimum absolute atomic E-state index is 0.128. The highest BCUT2D eigenvalue weighted by atomic mass is 79.9. The summed E-state index contributed by atoms with van der Waals surface area (Å²) in [5, 5.41) is 0.383. The molecule has 5 heteroatoms. The average Bonchev–Trinajstić information content (AvgIpc) is 2.32. The van der Waals surface area contributed by atoms with Crippen LogP contribution in [0.25, 0.3) is 0 Å². The number of thioether (sulfide) groups is 1. The second kappa shape index (κ2) is 5.61. The van der Waals surface area contributed by atoms with E-state index in [1.54, 1.807) is 17.0 Å². The minimum atomic E-state index is -0.465. The van der Waals surface area contributed by atoms with Gasteiger partial charge in [0.05, 0.1) is 5.56 Å². The number of benzene rings is 1. The van der Waals surface area contributed by atoms with Gasteiger partial charge in [-0.15, -0.1) is 0 Å². The Morgan fingerprint density at radius 3 is 2.89 bits per heavy atom. The largest absolute Gasteiger partial charge is 0.334 e. The number of carbonyl (C=O) groups is 1. The standard InChI is InChI=1S/C13H15BrFNOS/c1-8-9(2)18-7-6-16(8)13(17)12-10(14)4-3-5-11(12)15/h3-5,8-9H,6-7H2,1-2H3. The van der Waals surface area contributed by atoms with Gasteiger partial charge in [0.2, 0.25) is 0 Å². The minimum Gasteiger partial charge on any atom is -0.334 e. The van der Waals surface area contributed by atoms with E-state index < -0.39 is 5.82 Å². The summed E-state index contributed by atoms with van der Waals surface area (Å²) in [6.45, 7) is 4.80. The molecule has 98 valence electrons. The fourth-order valence-electron chi connectivity index (χ4n) is 2.07. The molecule has 0 aromatic heterocycles. The lowest BCUT2D eigenvalue weighted by Gasteiger charge is -2.37. The van der Waals surface area contributed by atoms with Gasteiger partial charge in [-0.3, -0.25) is 4.79 Å². The first-order valence-electron chi connectivity index (χ1n) is 5.89. The van der Waals surface area contributed by atoms with Crippen LogP contribution in [0.2, 0.25) is 0 Å². The van der Waals surface area contributed by atoms with Gasteiger partial charge in [-0.05, 0) is 35.0 Å². The third kappa shape index (κ3) is 2.57. The molecule has 0 spiro atoms. The summed E-state index contributed by atoms with van der Waals surface area (Å²) < 4.78 is 14.3. The second-order valence-electron chi connectivity index (χ2n) is 4.41. The molecule has 2 atom stereocenters. The van der Waals surface area contributed by atoms with Crippen molar-refractivity contribution in [3.8, 4) is 0 Å². The van der Waals surface area contributed by atoms with Crippen LogP contribution in [0.5, 0.6) is 0 Å². The molecule has 0 aliphatic carbocycles. The van der Waals surface area contributed by atoms with Gasteiger partial charge < -0.3 is 4.90 Å². The summed E-state index contributed by atoms with van der Waals surface area (Å²) in [7, 11) is 0. The first-order chi connectivity index (χ1) is 8.52. The number of amides is 1. The molecule has 0 radical (unpaired) electrons. The molecule has 1 aliphatic rings. The van der Waals surface area contributed by atoms with Gasteiger partial charge in [-0.25, -0.2) is 4.39 Å². The van der Waals surface area contributed by atoms with E-state index in [4.69, 9.17) is 0 Å². The van der Waals surface area contributed by atoms with Crippen molar-refractivity contribution < 1.29 is 9.18 Å². The summed E-state index contributed by atoms with van der Waals surface area (Å²) >= 11 is 5.11. The lowest BCUT2D eigenvalue weighted by molar-refractivity contribution is 0.0692. The lowest BCUT2D eigenvalue weighted by Crippen LogP contribution is -2.48. The van der Waals surface area contributed by atoms with Gasteiger partial charge in [-0.1, -0.05) is 13.0 Å². The fourth-order valence-corrected chi connectivity index (χ4v) is 3.68. The van der Waals surface area contributed by atoms with Crippen LogP contribution < -0.4 is 0 Å². The number of nitrogens with zero attached hydrogens (tertiary/aromatic N) is 1. The van der Waals surface area contributed by atoms with E-state index in [2.05, 4.69) is 22.9 Å². The Labute approximate surface area is 119 Å². The zero-order valence-electron chi connectivity index (χ0n) is 10.3. The summed E-state index contributed by atoms with van der Waals surface area (Å²) in [6.07, 6.45) is 0. The van der Waals surface area contributed by atoms with Crippen LogP contribution in [0.15, 0.2) is 22.7 Å². The third-order valence-electron chi connectivity index (χ3n) is 3.32. The Bertz CT molecular complexity index is 448. The average molecular weight is 332 g/mol. The quantitative estimate of drug-likeness (QED) is 0.784. The van der Waals surface area contributed by atoms with Gasteiger partial charge in [0.25, 0.3) is 5.91 Å². The van der Waals surface area contributed by atoms with Crippen molar-refractivity contribution in [2.24, 2.45) is 0 Å². The molecular weight excluding hydrogens is 317 g/mol. The molecule has 1 aliphatic heterocycles. The van der Waals surface area contributed by atoms with E-state index in [0.29, 0.717) is 16.3 Å². The number of hydrogen-bond acceptors (Lipinski definition) is 2. The molecule has 2 rings (SSSR count). The first-order valence-corrected chi connectivity index (χ1v) is 7.73. The van der Waals surface area contributed by atoms with Crippen LogP contribution in [0, 0.1) is 5.82 Å². The first kappa shape index (κ1) is 13.9. The predicted octanol–water partition coefficient (Wildman–Crippen LogP) is 3.55. The van der Waals surface area contributed by atoms with Gasteiger partial charge in [-0.2, -0.15) is 11.8 Å². The van der Waals surface area contributed by atoms with Crippen molar-refractivity contribution in [1.82, 2.24) is 4.90 Å². The van der Waals surface area contributed by atoms with Gasteiger partial charge >= 0.3 is 0 Å². The topological polar surface area (TPSA) is 20.3 Å². The van der Waals surface area contributed by atoms with Crippen molar-refractivity contribution in [2.75, 3.05) is 12.3 Å². The zero-order chi connectivity index (χ0) is 13.3. The van der Waals surface area contributed by atoms with Crippen molar-refractivity contribution in [1.29, 1.82) is 0 Å². The highest BCUT2D eigenvalue weighted by molar-refractivity contribution is 9.10. The summed E-state index contributed by atoms with van der Waals surface area (Å²) in [4.78, 5) is 14.2. The van der Waals surface area contributed by atoms with E-state index in [0.717, 1.165) is 5.75 Å². The third-order valence-corrected chi connectivity index (χ3v) is 5.32.